The Labute approximate surface area is 128 Å². The molecule has 4 rings (SSSR count). The first-order valence-corrected chi connectivity index (χ1v) is 7.69. The number of hydrogen-bond acceptors (Lipinski definition) is 6. The van der Waals surface area contributed by atoms with Crippen molar-refractivity contribution in [2.75, 3.05) is 26.2 Å². The van der Waals surface area contributed by atoms with Crippen LogP contribution in [-0.2, 0) is 17.7 Å². The first-order valence-electron chi connectivity index (χ1n) is 7.69. The third kappa shape index (κ3) is 2.40. The summed E-state index contributed by atoms with van der Waals surface area (Å²) in [6.45, 7) is 4.41. The molecule has 2 atom stereocenters. The van der Waals surface area contributed by atoms with E-state index in [0.717, 1.165) is 56.9 Å². The summed E-state index contributed by atoms with van der Waals surface area (Å²) < 4.78 is 5.99. The quantitative estimate of drug-likeness (QED) is 0.524. The molecular weight excluding hydrogens is 284 g/mol. The fourth-order valence-electron chi connectivity index (χ4n) is 3.79. The molecule has 3 aliphatic rings. The lowest BCUT2D eigenvalue weighted by atomic mass is 9.98. The molecule has 0 aliphatic carbocycles. The Morgan fingerprint density at radius 2 is 2.55 bits per heavy atom. The number of rotatable bonds is 3. The van der Waals surface area contributed by atoms with Crippen LogP contribution < -0.4 is 10.8 Å². The molecule has 3 N–H and O–H groups in total. The molecule has 22 heavy (non-hydrogen) atoms. The van der Waals surface area contributed by atoms with Crippen molar-refractivity contribution in [1.82, 2.24) is 20.7 Å². The molecule has 0 spiro atoms. The molecule has 1 aromatic rings. The maximum atomic E-state index is 11.4. The highest BCUT2D eigenvalue weighted by molar-refractivity contribution is 5.93. The molecular formula is C15H20N4O3. The highest BCUT2D eigenvalue weighted by Crippen LogP contribution is 2.33. The Hall–Kier alpha value is -1.54. The second-order valence-electron chi connectivity index (χ2n) is 6.51. The van der Waals surface area contributed by atoms with Crippen molar-refractivity contribution < 1.29 is 14.7 Å². The van der Waals surface area contributed by atoms with Gasteiger partial charge < -0.3 is 10.1 Å². The van der Waals surface area contributed by atoms with Crippen LogP contribution in [0.4, 0.5) is 0 Å². The lowest BCUT2D eigenvalue weighted by Crippen LogP contribution is -2.49. The Bertz CT molecular complexity index is 598. The number of pyridine rings is 1. The van der Waals surface area contributed by atoms with E-state index in [2.05, 4.69) is 15.2 Å². The third-order valence-electron chi connectivity index (χ3n) is 4.93. The van der Waals surface area contributed by atoms with Crippen LogP contribution in [0.25, 0.3) is 0 Å². The van der Waals surface area contributed by atoms with E-state index in [1.807, 2.05) is 6.07 Å². The number of carbonyl (C=O) groups excluding carboxylic acids is 1. The van der Waals surface area contributed by atoms with Gasteiger partial charge in [-0.1, -0.05) is 0 Å². The minimum Gasteiger partial charge on any atom is -0.371 e. The van der Waals surface area contributed by atoms with Crippen molar-refractivity contribution in [2.24, 2.45) is 0 Å². The number of amides is 1. The second kappa shape index (κ2) is 5.27. The number of ether oxygens (including phenoxy) is 1. The molecule has 2 fully saturated rings. The molecule has 2 saturated heterocycles. The summed E-state index contributed by atoms with van der Waals surface area (Å²) in [5.41, 5.74) is 4.12. The van der Waals surface area contributed by atoms with E-state index in [1.54, 1.807) is 5.48 Å². The van der Waals surface area contributed by atoms with Crippen molar-refractivity contribution in [3.8, 4) is 0 Å². The number of hydroxylamine groups is 1. The SMILES string of the molecule is O=C(NO)c1cnc2c(c1)CCN(C[C@]13CN[C@H](CO1)C3)C2. The number of nitrogens with zero attached hydrogens (tertiary/aromatic N) is 2. The van der Waals surface area contributed by atoms with Gasteiger partial charge in [0.1, 0.15) is 0 Å². The number of aromatic nitrogens is 1. The fourth-order valence-corrected chi connectivity index (χ4v) is 3.79. The Morgan fingerprint density at radius 3 is 3.23 bits per heavy atom. The molecule has 7 nitrogen and oxygen atoms in total. The first kappa shape index (κ1) is 14.1. The number of nitrogens with one attached hydrogen (secondary N) is 2. The van der Waals surface area contributed by atoms with Gasteiger partial charge in [-0.25, -0.2) is 5.48 Å². The Morgan fingerprint density at radius 1 is 1.64 bits per heavy atom. The van der Waals surface area contributed by atoms with E-state index in [1.165, 1.54) is 6.20 Å². The van der Waals surface area contributed by atoms with E-state index in [9.17, 15) is 4.79 Å². The van der Waals surface area contributed by atoms with Crippen molar-refractivity contribution in [2.45, 2.75) is 31.0 Å². The molecule has 1 aromatic heterocycles. The molecule has 0 radical (unpaired) electrons. The van der Waals surface area contributed by atoms with Crippen molar-refractivity contribution in [3.63, 3.8) is 0 Å². The molecule has 7 heteroatoms. The maximum absolute atomic E-state index is 11.4. The normalized spacial score (nSPS) is 30.3. The summed E-state index contributed by atoms with van der Waals surface area (Å²) in [7, 11) is 0. The van der Waals surface area contributed by atoms with Crippen molar-refractivity contribution >= 4 is 5.91 Å². The lowest BCUT2D eigenvalue weighted by Gasteiger charge is -2.35. The molecule has 1 amide bonds. The van der Waals surface area contributed by atoms with E-state index in [-0.39, 0.29) is 5.60 Å². The minimum absolute atomic E-state index is 0.0289. The first-order chi connectivity index (χ1) is 10.7. The average molecular weight is 304 g/mol. The van der Waals surface area contributed by atoms with Crippen LogP contribution in [-0.4, -0.2) is 58.9 Å². The molecule has 0 saturated carbocycles. The molecule has 118 valence electrons. The third-order valence-corrected chi connectivity index (χ3v) is 4.93. The van der Waals surface area contributed by atoms with Crippen molar-refractivity contribution in [1.29, 1.82) is 0 Å². The van der Waals surface area contributed by atoms with Gasteiger partial charge in [-0.2, -0.15) is 0 Å². The van der Waals surface area contributed by atoms with Gasteiger partial charge >= 0.3 is 0 Å². The summed E-state index contributed by atoms with van der Waals surface area (Å²) >= 11 is 0. The molecule has 0 aromatic carbocycles. The number of fused-ring (bicyclic) bond motifs is 3. The van der Waals surface area contributed by atoms with E-state index < -0.39 is 5.91 Å². The standard InChI is InChI=1S/C15H20N4O3/c20-14(18-21)11-3-10-1-2-19(6-13(10)16-5-11)9-15-4-12(7-22-15)17-8-15/h3,5,12,17,21H,1-2,4,6-9H2,(H,18,20)/t12-,15-/m0/s1. The highest BCUT2D eigenvalue weighted by Gasteiger charge is 2.47. The van der Waals surface area contributed by atoms with Crippen LogP contribution in [0, 0.1) is 0 Å². The van der Waals surface area contributed by atoms with Crippen LogP contribution >= 0.6 is 0 Å². The zero-order valence-corrected chi connectivity index (χ0v) is 12.3. The van der Waals surface area contributed by atoms with Gasteiger partial charge in [0.2, 0.25) is 0 Å². The van der Waals surface area contributed by atoms with E-state index in [0.29, 0.717) is 11.6 Å². The van der Waals surface area contributed by atoms with E-state index in [4.69, 9.17) is 9.94 Å². The zero-order valence-electron chi connectivity index (χ0n) is 12.3. The summed E-state index contributed by atoms with van der Waals surface area (Å²) in [5.74, 6) is -0.515. The second-order valence-corrected chi connectivity index (χ2v) is 6.51. The smallest absolute Gasteiger partial charge is 0.276 e. The van der Waals surface area contributed by atoms with Crippen molar-refractivity contribution in [3.05, 3.63) is 29.1 Å². The zero-order chi connectivity index (χ0) is 15.2. The Kier molecular flexibility index (Phi) is 3.37. The van der Waals surface area contributed by atoms with Crippen LogP contribution in [0.15, 0.2) is 12.3 Å². The number of carbonyl (C=O) groups is 1. The van der Waals surface area contributed by atoms with Gasteiger partial charge in [0.15, 0.2) is 0 Å². The molecule has 0 unspecified atom stereocenters. The van der Waals surface area contributed by atoms with Gasteiger partial charge in [0.05, 0.1) is 23.5 Å². The van der Waals surface area contributed by atoms with Gasteiger partial charge in [-0.05, 0) is 24.5 Å². The summed E-state index contributed by atoms with van der Waals surface area (Å²) in [4.78, 5) is 18.2. The Balaban J connectivity index is 1.47. The van der Waals surface area contributed by atoms with Gasteiger partial charge in [0, 0.05) is 38.4 Å². The molecule has 2 bridgehead atoms. The predicted molar refractivity (Wildman–Crippen MR) is 77.6 cm³/mol. The number of hydrogen-bond donors (Lipinski definition) is 3. The fraction of sp³-hybridized carbons (Fsp3) is 0.600. The summed E-state index contributed by atoms with van der Waals surface area (Å²) in [6.07, 6.45) is 3.48. The largest absolute Gasteiger partial charge is 0.371 e. The van der Waals surface area contributed by atoms with Gasteiger partial charge in [-0.3, -0.25) is 19.9 Å². The monoisotopic (exact) mass is 304 g/mol. The van der Waals surface area contributed by atoms with Crippen LogP contribution in [0.3, 0.4) is 0 Å². The van der Waals surface area contributed by atoms with Crippen LogP contribution in [0.1, 0.15) is 28.0 Å². The molecule has 4 heterocycles. The average Bonchev–Trinajstić information content (AvgIpc) is 3.14. The minimum atomic E-state index is -0.515. The van der Waals surface area contributed by atoms with Gasteiger partial charge in [0.25, 0.3) is 5.91 Å². The maximum Gasteiger partial charge on any atom is 0.276 e. The predicted octanol–water partition coefficient (Wildman–Crippen LogP) is -0.310. The summed E-state index contributed by atoms with van der Waals surface area (Å²) in [5, 5.41) is 12.2. The summed E-state index contributed by atoms with van der Waals surface area (Å²) in [6, 6.07) is 2.35. The van der Waals surface area contributed by atoms with E-state index >= 15 is 0 Å². The van der Waals surface area contributed by atoms with Crippen LogP contribution in [0.2, 0.25) is 0 Å². The molecule has 3 aliphatic heterocycles. The van der Waals surface area contributed by atoms with Gasteiger partial charge in [-0.15, -0.1) is 0 Å². The highest BCUT2D eigenvalue weighted by atomic mass is 16.5. The number of morpholine rings is 1. The van der Waals surface area contributed by atoms with Crippen LogP contribution in [0.5, 0.6) is 0 Å². The topological polar surface area (TPSA) is 86.7 Å². The lowest BCUT2D eigenvalue weighted by molar-refractivity contribution is -0.0326.